The van der Waals surface area contributed by atoms with Gasteiger partial charge in [0.1, 0.15) is 11.5 Å². The van der Waals surface area contributed by atoms with Gasteiger partial charge in [-0.05, 0) is 17.7 Å². The molecule has 3 nitrogen and oxygen atoms in total. The van der Waals surface area contributed by atoms with E-state index in [1.807, 2.05) is 12.1 Å². The molecule has 0 aliphatic heterocycles. The lowest BCUT2D eigenvalue weighted by atomic mass is 10.1. The van der Waals surface area contributed by atoms with Crippen LogP contribution in [-0.2, 0) is 0 Å². The van der Waals surface area contributed by atoms with E-state index in [2.05, 4.69) is 12.3 Å². The lowest BCUT2D eigenvalue weighted by Crippen LogP contribution is -2.02. The smallest absolute Gasteiger partial charge is 0.123 e. The van der Waals surface area contributed by atoms with Gasteiger partial charge >= 0.3 is 0 Å². The Morgan fingerprint density at radius 3 is 2.13 bits per heavy atom. The summed E-state index contributed by atoms with van der Waals surface area (Å²) in [5, 5.41) is 0. The van der Waals surface area contributed by atoms with Crippen LogP contribution >= 0.6 is 0 Å². The van der Waals surface area contributed by atoms with Crippen LogP contribution in [0.15, 0.2) is 30.5 Å². The molecule has 0 bridgehead atoms. The number of rotatable bonds is 4. The van der Waals surface area contributed by atoms with Gasteiger partial charge in [-0.2, -0.15) is 0 Å². The largest absolute Gasteiger partial charge is 0.497 e. The summed E-state index contributed by atoms with van der Waals surface area (Å²) in [4.78, 5) is 0. The minimum absolute atomic E-state index is 0.389. The topological polar surface area (TPSA) is 44.5 Å². The third-order valence-electron chi connectivity index (χ3n) is 2.12. The standard InChI is InChI=1S/C12H15NO2/c1-4-9(8-13)10-5-11(14-2)7-12(6-10)15-3/h5-7H,1,8,13H2,2-3H3. The van der Waals surface area contributed by atoms with Crippen LogP contribution in [0.1, 0.15) is 5.56 Å². The van der Waals surface area contributed by atoms with Crippen molar-refractivity contribution in [2.75, 3.05) is 20.8 Å². The maximum atomic E-state index is 5.58. The highest BCUT2D eigenvalue weighted by atomic mass is 16.5. The van der Waals surface area contributed by atoms with E-state index in [-0.39, 0.29) is 0 Å². The molecule has 0 fully saturated rings. The summed E-state index contributed by atoms with van der Waals surface area (Å²) in [7, 11) is 3.22. The fourth-order valence-electron chi connectivity index (χ4n) is 1.27. The molecule has 3 heteroatoms. The van der Waals surface area contributed by atoms with Gasteiger partial charge in [0.2, 0.25) is 0 Å². The van der Waals surface area contributed by atoms with E-state index in [9.17, 15) is 0 Å². The van der Waals surface area contributed by atoms with Gasteiger partial charge in [0.25, 0.3) is 0 Å². The van der Waals surface area contributed by atoms with Crippen LogP contribution in [0.4, 0.5) is 0 Å². The lowest BCUT2D eigenvalue weighted by molar-refractivity contribution is 0.394. The fraction of sp³-hybridized carbons (Fsp3) is 0.250. The predicted molar refractivity (Wildman–Crippen MR) is 61.1 cm³/mol. The Hall–Kier alpha value is -1.70. The first-order chi connectivity index (χ1) is 7.24. The van der Waals surface area contributed by atoms with Gasteiger partial charge in [0.15, 0.2) is 0 Å². The number of benzene rings is 1. The van der Waals surface area contributed by atoms with Crippen LogP contribution in [0.2, 0.25) is 0 Å². The van der Waals surface area contributed by atoms with E-state index < -0.39 is 0 Å². The maximum absolute atomic E-state index is 5.58. The Morgan fingerprint density at radius 1 is 1.27 bits per heavy atom. The van der Waals surface area contributed by atoms with Crippen molar-refractivity contribution in [3.05, 3.63) is 36.1 Å². The quantitative estimate of drug-likeness (QED) is 0.763. The first-order valence-electron chi connectivity index (χ1n) is 4.57. The molecule has 80 valence electrons. The average molecular weight is 205 g/mol. The van der Waals surface area contributed by atoms with E-state index in [1.54, 1.807) is 20.3 Å². The van der Waals surface area contributed by atoms with Gasteiger partial charge in [-0.1, -0.05) is 6.58 Å². The molecule has 0 saturated heterocycles. The van der Waals surface area contributed by atoms with Crippen molar-refractivity contribution < 1.29 is 9.47 Å². The lowest BCUT2D eigenvalue weighted by Gasteiger charge is -2.08. The van der Waals surface area contributed by atoms with E-state index >= 15 is 0 Å². The molecule has 0 heterocycles. The van der Waals surface area contributed by atoms with Gasteiger partial charge in [0.05, 0.1) is 14.2 Å². The SMILES string of the molecule is C=C=C(CN)c1cc(OC)cc(OC)c1. The summed E-state index contributed by atoms with van der Waals surface area (Å²) < 4.78 is 10.3. The summed E-state index contributed by atoms with van der Waals surface area (Å²) in [6, 6.07) is 5.56. The second-order valence-electron chi connectivity index (χ2n) is 2.96. The first kappa shape index (κ1) is 11.4. The minimum Gasteiger partial charge on any atom is -0.497 e. The second-order valence-corrected chi connectivity index (χ2v) is 2.96. The summed E-state index contributed by atoms with van der Waals surface area (Å²) in [5.41, 5.74) is 10.1. The monoisotopic (exact) mass is 205 g/mol. The third-order valence-corrected chi connectivity index (χ3v) is 2.12. The second kappa shape index (κ2) is 5.25. The average Bonchev–Trinajstić information content (AvgIpc) is 2.30. The Kier molecular flexibility index (Phi) is 3.98. The van der Waals surface area contributed by atoms with E-state index in [1.165, 1.54) is 0 Å². The van der Waals surface area contributed by atoms with E-state index in [0.717, 1.165) is 22.6 Å². The molecule has 15 heavy (non-hydrogen) atoms. The molecule has 0 amide bonds. The number of methoxy groups -OCH3 is 2. The van der Waals surface area contributed by atoms with Crippen molar-refractivity contribution in [1.82, 2.24) is 0 Å². The molecule has 0 unspecified atom stereocenters. The zero-order valence-corrected chi connectivity index (χ0v) is 9.04. The summed E-state index contributed by atoms with van der Waals surface area (Å²) in [6.07, 6.45) is 0. The number of hydrogen-bond acceptors (Lipinski definition) is 3. The molecule has 1 rings (SSSR count). The van der Waals surface area contributed by atoms with Gasteiger partial charge in [-0.25, -0.2) is 0 Å². The van der Waals surface area contributed by atoms with E-state index in [0.29, 0.717) is 6.54 Å². The molecular weight excluding hydrogens is 190 g/mol. The van der Waals surface area contributed by atoms with E-state index in [4.69, 9.17) is 15.2 Å². The molecule has 1 aromatic rings. The Bertz CT molecular complexity index is 370. The van der Waals surface area contributed by atoms with Crippen LogP contribution < -0.4 is 15.2 Å². The molecule has 0 radical (unpaired) electrons. The normalized spacial score (nSPS) is 9.27. The van der Waals surface area contributed by atoms with Gasteiger partial charge < -0.3 is 15.2 Å². The zero-order valence-electron chi connectivity index (χ0n) is 9.04. The summed E-state index contributed by atoms with van der Waals surface area (Å²) in [5.74, 6) is 1.45. The molecule has 0 spiro atoms. The van der Waals surface area contributed by atoms with Gasteiger partial charge in [0, 0.05) is 18.2 Å². The van der Waals surface area contributed by atoms with Crippen LogP contribution in [0, 0.1) is 0 Å². The maximum Gasteiger partial charge on any atom is 0.123 e. The highest BCUT2D eigenvalue weighted by molar-refractivity contribution is 5.68. The number of ether oxygens (including phenoxy) is 2. The van der Waals surface area contributed by atoms with Crippen molar-refractivity contribution in [3.63, 3.8) is 0 Å². The minimum atomic E-state index is 0.389. The fourth-order valence-corrected chi connectivity index (χ4v) is 1.27. The van der Waals surface area contributed by atoms with Crippen LogP contribution in [-0.4, -0.2) is 20.8 Å². The van der Waals surface area contributed by atoms with Crippen LogP contribution in [0.3, 0.4) is 0 Å². The molecule has 1 aromatic carbocycles. The van der Waals surface area contributed by atoms with Crippen molar-refractivity contribution in [3.8, 4) is 11.5 Å². The van der Waals surface area contributed by atoms with Crippen molar-refractivity contribution in [1.29, 1.82) is 0 Å². The van der Waals surface area contributed by atoms with Crippen LogP contribution in [0.25, 0.3) is 5.57 Å². The van der Waals surface area contributed by atoms with Crippen molar-refractivity contribution >= 4 is 5.57 Å². The summed E-state index contributed by atoms with van der Waals surface area (Å²) >= 11 is 0. The Labute approximate surface area is 89.8 Å². The van der Waals surface area contributed by atoms with Gasteiger partial charge in [-0.15, -0.1) is 5.73 Å². The number of hydrogen-bond donors (Lipinski definition) is 1. The molecule has 0 aromatic heterocycles. The van der Waals surface area contributed by atoms with Gasteiger partial charge in [-0.3, -0.25) is 0 Å². The summed E-state index contributed by atoms with van der Waals surface area (Å²) in [6.45, 7) is 3.98. The predicted octanol–water partition coefficient (Wildman–Crippen LogP) is 1.83. The zero-order chi connectivity index (χ0) is 11.3. The Balaban J connectivity index is 3.23. The highest BCUT2D eigenvalue weighted by Gasteiger charge is 2.04. The van der Waals surface area contributed by atoms with Crippen molar-refractivity contribution in [2.24, 2.45) is 5.73 Å². The molecule has 0 saturated carbocycles. The van der Waals surface area contributed by atoms with Crippen LogP contribution in [0.5, 0.6) is 11.5 Å². The molecule has 2 N–H and O–H groups in total. The highest BCUT2D eigenvalue weighted by Crippen LogP contribution is 2.26. The first-order valence-corrected chi connectivity index (χ1v) is 4.57. The van der Waals surface area contributed by atoms with Crippen molar-refractivity contribution in [2.45, 2.75) is 0 Å². The Morgan fingerprint density at radius 2 is 1.80 bits per heavy atom. The number of nitrogens with two attached hydrogens (primary N) is 1. The third kappa shape index (κ3) is 2.62. The molecule has 0 aliphatic rings. The molecule has 0 aliphatic carbocycles. The molecular formula is C12H15NO2. The molecule has 0 atom stereocenters.